The number of hydrogen-bond acceptors (Lipinski definition) is 2. The van der Waals surface area contributed by atoms with Gasteiger partial charge in [-0.2, -0.15) is 5.10 Å². The predicted octanol–water partition coefficient (Wildman–Crippen LogP) is 1.77. The van der Waals surface area contributed by atoms with E-state index >= 15 is 0 Å². The van der Waals surface area contributed by atoms with Crippen molar-refractivity contribution < 1.29 is 0 Å². The van der Waals surface area contributed by atoms with Crippen molar-refractivity contribution in [3.63, 3.8) is 0 Å². The second kappa shape index (κ2) is 3.13. The van der Waals surface area contributed by atoms with E-state index in [0.29, 0.717) is 16.8 Å². The Bertz CT molecular complexity index is 242. The van der Waals surface area contributed by atoms with Gasteiger partial charge < -0.3 is 5.73 Å². The zero-order chi connectivity index (χ0) is 8.43. The molecule has 0 aliphatic rings. The molecule has 1 aromatic heterocycles. The Hall–Kier alpha value is -0.700. The number of nitrogens with zero attached hydrogens (tertiary/aromatic N) is 2. The van der Waals surface area contributed by atoms with Crippen LogP contribution in [0.4, 0.5) is 5.82 Å². The number of hydrogen-bond donors (Lipinski definition) is 1. The fraction of sp³-hybridized carbons (Fsp3) is 0.571. The molecule has 0 radical (unpaired) electrons. The SMILES string of the molecule is CC(C)Cn1ncc(Cl)c1N. The monoisotopic (exact) mass is 173 g/mol. The Balaban J connectivity index is 2.79. The van der Waals surface area contributed by atoms with Gasteiger partial charge in [-0.3, -0.25) is 0 Å². The molecule has 0 unspecified atom stereocenters. The lowest BCUT2D eigenvalue weighted by Crippen LogP contribution is -2.08. The summed E-state index contributed by atoms with van der Waals surface area (Å²) >= 11 is 5.70. The lowest BCUT2D eigenvalue weighted by Gasteiger charge is -2.05. The summed E-state index contributed by atoms with van der Waals surface area (Å²) < 4.78 is 1.72. The first kappa shape index (κ1) is 8.40. The fourth-order valence-electron chi connectivity index (χ4n) is 0.863. The zero-order valence-electron chi connectivity index (χ0n) is 6.71. The minimum absolute atomic E-state index is 0.533. The second-order valence-electron chi connectivity index (χ2n) is 2.95. The lowest BCUT2D eigenvalue weighted by molar-refractivity contribution is 0.488. The van der Waals surface area contributed by atoms with Crippen molar-refractivity contribution in [2.75, 3.05) is 5.73 Å². The Morgan fingerprint density at radius 3 is 2.73 bits per heavy atom. The Morgan fingerprint density at radius 1 is 1.73 bits per heavy atom. The molecule has 62 valence electrons. The van der Waals surface area contributed by atoms with Crippen LogP contribution in [-0.2, 0) is 6.54 Å². The molecule has 0 fully saturated rings. The first-order valence-corrected chi connectivity index (χ1v) is 3.96. The third kappa shape index (κ3) is 1.87. The van der Waals surface area contributed by atoms with E-state index in [0.717, 1.165) is 6.54 Å². The molecule has 0 saturated carbocycles. The minimum atomic E-state index is 0.533. The molecule has 2 N–H and O–H groups in total. The van der Waals surface area contributed by atoms with E-state index in [-0.39, 0.29) is 0 Å². The number of aromatic nitrogens is 2. The Morgan fingerprint density at radius 2 is 2.36 bits per heavy atom. The quantitative estimate of drug-likeness (QED) is 0.741. The van der Waals surface area contributed by atoms with E-state index < -0.39 is 0 Å². The molecule has 1 aromatic rings. The van der Waals surface area contributed by atoms with E-state index in [1.807, 2.05) is 0 Å². The van der Waals surface area contributed by atoms with Gasteiger partial charge in [0.25, 0.3) is 0 Å². The van der Waals surface area contributed by atoms with Gasteiger partial charge in [0.05, 0.1) is 6.20 Å². The van der Waals surface area contributed by atoms with Gasteiger partial charge in [-0.15, -0.1) is 0 Å². The van der Waals surface area contributed by atoms with Gasteiger partial charge in [0.15, 0.2) is 0 Å². The van der Waals surface area contributed by atoms with E-state index in [1.165, 1.54) is 0 Å². The molecule has 0 aliphatic heterocycles. The third-order valence-electron chi connectivity index (χ3n) is 1.37. The van der Waals surface area contributed by atoms with Crippen LogP contribution in [0.2, 0.25) is 5.02 Å². The summed E-state index contributed by atoms with van der Waals surface area (Å²) in [5.74, 6) is 1.09. The van der Waals surface area contributed by atoms with Crippen molar-refractivity contribution in [1.82, 2.24) is 9.78 Å². The van der Waals surface area contributed by atoms with Crippen molar-refractivity contribution in [3.05, 3.63) is 11.2 Å². The minimum Gasteiger partial charge on any atom is -0.383 e. The first-order chi connectivity index (χ1) is 5.11. The summed E-state index contributed by atoms with van der Waals surface area (Å²) in [5, 5.41) is 4.55. The highest BCUT2D eigenvalue weighted by Crippen LogP contribution is 2.17. The molecule has 1 heterocycles. The van der Waals surface area contributed by atoms with Crippen LogP contribution < -0.4 is 5.73 Å². The average molecular weight is 174 g/mol. The van der Waals surface area contributed by atoms with Gasteiger partial charge in [0, 0.05) is 6.54 Å². The van der Waals surface area contributed by atoms with Crippen molar-refractivity contribution in [1.29, 1.82) is 0 Å². The normalized spacial score (nSPS) is 10.9. The van der Waals surface area contributed by atoms with Gasteiger partial charge >= 0.3 is 0 Å². The molecule has 0 amide bonds. The highest BCUT2D eigenvalue weighted by atomic mass is 35.5. The lowest BCUT2D eigenvalue weighted by atomic mass is 10.2. The summed E-state index contributed by atoms with van der Waals surface area (Å²) in [6.45, 7) is 5.03. The topological polar surface area (TPSA) is 43.8 Å². The standard InChI is InChI=1S/C7H12ClN3/c1-5(2)4-11-7(9)6(8)3-10-11/h3,5H,4,9H2,1-2H3. The van der Waals surface area contributed by atoms with Crippen molar-refractivity contribution >= 4 is 17.4 Å². The van der Waals surface area contributed by atoms with Crippen LogP contribution in [0.1, 0.15) is 13.8 Å². The van der Waals surface area contributed by atoms with Crippen LogP contribution >= 0.6 is 11.6 Å². The van der Waals surface area contributed by atoms with Crippen LogP contribution in [0.5, 0.6) is 0 Å². The molecule has 0 aromatic carbocycles. The maximum absolute atomic E-state index is 5.70. The zero-order valence-corrected chi connectivity index (χ0v) is 7.47. The molecule has 4 heteroatoms. The molecule has 0 atom stereocenters. The molecule has 1 rings (SSSR count). The van der Waals surface area contributed by atoms with Gasteiger partial charge in [-0.05, 0) is 5.92 Å². The van der Waals surface area contributed by atoms with Crippen LogP contribution in [0.3, 0.4) is 0 Å². The summed E-state index contributed by atoms with van der Waals surface area (Å²) in [4.78, 5) is 0. The van der Waals surface area contributed by atoms with E-state index in [2.05, 4.69) is 18.9 Å². The van der Waals surface area contributed by atoms with Crippen LogP contribution in [0, 0.1) is 5.92 Å². The van der Waals surface area contributed by atoms with Gasteiger partial charge in [-0.25, -0.2) is 4.68 Å². The maximum atomic E-state index is 5.70. The highest BCUT2D eigenvalue weighted by molar-refractivity contribution is 6.32. The molecule has 0 bridgehead atoms. The Labute approximate surface area is 71.1 Å². The van der Waals surface area contributed by atoms with Crippen LogP contribution in [-0.4, -0.2) is 9.78 Å². The Kier molecular flexibility index (Phi) is 2.39. The van der Waals surface area contributed by atoms with Crippen LogP contribution in [0.15, 0.2) is 6.20 Å². The molecule has 11 heavy (non-hydrogen) atoms. The summed E-state index contributed by atoms with van der Waals surface area (Å²) in [6, 6.07) is 0. The molecule has 0 spiro atoms. The molecule has 0 aliphatic carbocycles. The highest BCUT2D eigenvalue weighted by Gasteiger charge is 2.05. The summed E-state index contributed by atoms with van der Waals surface area (Å²) in [7, 11) is 0. The number of rotatable bonds is 2. The molecule has 0 saturated heterocycles. The number of halogens is 1. The van der Waals surface area contributed by atoms with Crippen molar-refractivity contribution in [2.24, 2.45) is 5.92 Å². The average Bonchev–Trinajstić information content (AvgIpc) is 2.18. The molecular weight excluding hydrogens is 162 g/mol. The van der Waals surface area contributed by atoms with Gasteiger partial charge in [0.2, 0.25) is 0 Å². The number of anilines is 1. The molecule has 3 nitrogen and oxygen atoms in total. The largest absolute Gasteiger partial charge is 0.383 e. The third-order valence-corrected chi connectivity index (χ3v) is 1.66. The second-order valence-corrected chi connectivity index (χ2v) is 3.36. The first-order valence-electron chi connectivity index (χ1n) is 3.58. The summed E-state index contributed by atoms with van der Waals surface area (Å²) in [5.41, 5.74) is 5.62. The smallest absolute Gasteiger partial charge is 0.140 e. The van der Waals surface area contributed by atoms with Crippen molar-refractivity contribution in [2.45, 2.75) is 20.4 Å². The fourth-order valence-corrected chi connectivity index (χ4v) is 1.00. The van der Waals surface area contributed by atoms with E-state index in [9.17, 15) is 0 Å². The summed E-state index contributed by atoms with van der Waals surface area (Å²) in [6.07, 6.45) is 1.57. The van der Waals surface area contributed by atoms with Gasteiger partial charge in [0.1, 0.15) is 10.8 Å². The van der Waals surface area contributed by atoms with E-state index in [4.69, 9.17) is 17.3 Å². The van der Waals surface area contributed by atoms with Gasteiger partial charge in [-0.1, -0.05) is 25.4 Å². The van der Waals surface area contributed by atoms with Crippen LogP contribution in [0.25, 0.3) is 0 Å². The number of nitrogens with two attached hydrogens (primary N) is 1. The predicted molar refractivity (Wildman–Crippen MR) is 46.5 cm³/mol. The number of nitrogen functional groups attached to an aromatic ring is 1. The molecular formula is C7H12ClN3. The van der Waals surface area contributed by atoms with E-state index in [1.54, 1.807) is 10.9 Å². The maximum Gasteiger partial charge on any atom is 0.140 e. The van der Waals surface area contributed by atoms with Crippen molar-refractivity contribution in [3.8, 4) is 0 Å².